The fraction of sp³-hybridized carbons (Fsp3) is 0.467. The number of nitrogens with zero attached hydrogens (tertiary/aromatic N) is 1. The number of halogens is 1. The van der Waals surface area contributed by atoms with Gasteiger partial charge in [-0.3, -0.25) is 9.59 Å². The molecule has 0 radical (unpaired) electrons. The molecule has 1 aliphatic heterocycles. The zero-order chi connectivity index (χ0) is 15.9. The molecule has 2 N–H and O–H groups in total. The second-order valence-electron chi connectivity index (χ2n) is 4.98. The second-order valence-corrected chi connectivity index (χ2v) is 5.39. The Morgan fingerprint density at radius 2 is 2.18 bits per heavy atom. The van der Waals surface area contributed by atoms with Crippen LogP contribution in [-0.4, -0.2) is 49.1 Å². The summed E-state index contributed by atoms with van der Waals surface area (Å²) in [5.74, 6) is 0.0358. The minimum absolute atomic E-state index is 0.0303. The fourth-order valence-electron chi connectivity index (χ4n) is 2.17. The van der Waals surface area contributed by atoms with E-state index in [1.807, 2.05) is 12.1 Å². The van der Waals surface area contributed by atoms with Crippen molar-refractivity contribution in [2.45, 2.75) is 18.9 Å². The Bertz CT molecular complexity index is 538. The van der Waals surface area contributed by atoms with Crippen LogP contribution in [0.5, 0.6) is 5.75 Å². The number of nitrogens with two attached hydrogens (primary N) is 1. The van der Waals surface area contributed by atoms with E-state index in [-0.39, 0.29) is 12.5 Å². The van der Waals surface area contributed by atoms with Crippen LogP contribution in [0.4, 0.5) is 0 Å². The van der Waals surface area contributed by atoms with Crippen LogP contribution in [0.25, 0.3) is 0 Å². The summed E-state index contributed by atoms with van der Waals surface area (Å²) in [6.07, 6.45) is 0.204. The fourth-order valence-corrected chi connectivity index (χ4v) is 2.36. The van der Waals surface area contributed by atoms with E-state index in [1.54, 1.807) is 17.0 Å². The molecule has 0 spiro atoms. The average Bonchev–Trinajstić information content (AvgIpc) is 2.53. The maximum Gasteiger partial charge on any atom is 0.248 e. The van der Waals surface area contributed by atoms with Crippen molar-refractivity contribution in [1.29, 1.82) is 0 Å². The minimum Gasteiger partial charge on any atom is -0.492 e. The lowest BCUT2D eigenvalue weighted by Gasteiger charge is -2.31. The molecule has 1 atom stereocenters. The standard InChI is InChI=1S/C15H19ClN2O4/c16-11-4-1-2-5-12(11)21-8-3-6-14(19)18-7-9-22-13(10-18)15(17)20/h1-2,4-5,13H,3,6-10H2,(H2,17,20). The molecule has 1 aromatic rings. The Labute approximate surface area is 134 Å². The average molecular weight is 327 g/mol. The van der Waals surface area contributed by atoms with E-state index >= 15 is 0 Å². The number of rotatable bonds is 6. The molecule has 1 fully saturated rings. The highest BCUT2D eigenvalue weighted by atomic mass is 35.5. The zero-order valence-corrected chi connectivity index (χ0v) is 12.9. The third-order valence-electron chi connectivity index (χ3n) is 3.37. The lowest BCUT2D eigenvalue weighted by atomic mass is 10.2. The van der Waals surface area contributed by atoms with Gasteiger partial charge < -0.3 is 20.1 Å². The zero-order valence-electron chi connectivity index (χ0n) is 12.2. The maximum absolute atomic E-state index is 12.1. The molecular formula is C15H19ClN2O4. The first-order valence-corrected chi connectivity index (χ1v) is 7.51. The van der Waals surface area contributed by atoms with Crippen LogP contribution in [0.1, 0.15) is 12.8 Å². The molecule has 0 aliphatic carbocycles. The van der Waals surface area contributed by atoms with E-state index in [1.165, 1.54) is 0 Å². The number of para-hydroxylation sites is 1. The molecule has 0 aromatic heterocycles. The Morgan fingerprint density at radius 1 is 1.41 bits per heavy atom. The van der Waals surface area contributed by atoms with Crippen molar-refractivity contribution in [1.82, 2.24) is 4.90 Å². The van der Waals surface area contributed by atoms with Gasteiger partial charge in [-0.15, -0.1) is 0 Å². The summed E-state index contributed by atoms with van der Waals surface area (Å²) in [6, 6.07) is 7.19. The van der Waals surface area contributed by atoms with Crippen LogP contribution < -0.4 is 10.5 Å². The van der Waals surface area contributed by atoms with Crippen LogP contribution in [0.15, 0.2) is 24.3 Å². The number of hydrogen-bond donors (Lipinski definition) is 1. The van der Waals surface area contributed by atoms with Gasteiger partial charge in [0.2, 0.25) is 11.8 Å². The predicted molar refractivity (Wildman–Crippen MR) is 81.7 cm³/mol. The Kier molecular flexibility index (Phi) is 6.03. The monoisotopic (exact) mass is 326 g/mol. The van der Waals surface area contributed by atoms with E-state index in [9.17, 15) is 9.59 Å². The number of morpholine rings is 1. The van der Waals surface area contributed by atoms with E-state index in [2.05, 4.69) is 0 Å². The molecule has 0 saturated carbocycles. The summed E-state index contributed by atoms with van der Waals surface area (Å²) in [7, 11) is 0. The number of carbonyl (C=O) groups is 2. The third-order valence-corrected chi connectivity index (χ3v) is 3.68. The number of carbonyl (C=O) groups excluding carboxylic acids is 2. The van der Waals surface area contributed by atoms with Crippen molar-refractivity contribution < 1.29 is 19.1 Å². The first kappa shape index (κ1) is 16.6. The van der Waals surface area contributed by atoms with Gasteiger partial charge in [0, 0.05) is 13.0 Å². The Morgan fingerprint density at radius 3 is 2.91 bits per heavy atom. The topological polar surface area (TPSA) is 81.9 Å². The maximum atomic E-state index is 12.1. The lowest BCUT2D eigenvalue weighted by Crippen LogP contribution is -2.50. The van der Waals surface area contributed by atoms with Gasteiger partial charge in [-0.1, -0.05) is 23.7 Å². The van der Waals surface area contributed by atoms with Crippen molar-refractivity contribution in [3.8, 4) is 5.75 Å². The van der Waals surface area contributed by atoms with Crippen LogP contribution in [0, 0.1) is 0 Å². The largest absolute Gasteiger partial charge is 0.492 e. The van der Waals surface area contributed by atoms with Gasteiger partial charge in [-0.25, -0.2) is 0 Å². The van der Waals surface area contributed by atoms with Gasteiger partial charge in [-0.05, 0) is 18.6 Å². The van der Waals surface area contributed by atoms with Crippen LogP contribution >= 0.6 is 11.6 Å². The highest BCUT2D eigenvalue weighted by molar-refractivity contribution is 6.32. The normalized spacial score (nSPS) is 18.0. The first-order valence-electron chi connectivity index (χ1n) is 7.14. The summed E-state index contributed by atoms with van der Waals surface area (Å²) in [5.41, 5.74) is 5.20. The van der Waals surface area contributed by atoms with E-state index < -0.39 is 12.0 Å². The number of hydrogen-bond acceptors (Lipinski definition) is 4. The molecule has 120 valence electrons. The predicted octanol–water partition coefficient (Wildman–Crippen LogP) is 1.21. The van der Waals surface area contributed by atoms with E-state index in [0.29, 0.717) is 43.4 Å². The molecule has 22 heavy (non-hydrogen) atoms. The van der Waals surface area contributed by atoms with Gasteiger partial charge in [0.05, 0.1) is 24.8 Å². The SMILES string of the molecule is NC(=O)C1CN(C(=O)CCCOc2ccccc2Cl)CCO1. The summed E-state index contributed by atoms with van der Waals surface area (Å²) in [4.78, 5) is 24.8. The van der Waals surface area contributed by atoms with Gasteiger partial charge in [0.15, 0.2) is 6.10 Å². The molecule has 0 bridgehead atoms. The second kappa shape index (κ2) is 8.00. The summed E-state index contributed by atoms with van der Waals surface area (Å²) >= 11 is 5.98. The third kappa shape index (κ3) is 4.61. The summed E-state index contributed by atoms with van der Waals surface area (Å²) < 4.78 is 10.7. The van der Waals surface area contributed by atoms with Gasteiger partial charge in [-0.2, -0.15) is 0 Å². The van der Waals surface area contributed by atoms with Crippen molar-refractivity contribution in [3.63, 3.8) is 0 Å². The molecule has 1 unspecified atom stereocenters. The molecule has 1 aromatic carbocycles. The molecule has 6 nitrogen and oxygen atoms in total. The molecule has 7 heteroatoms. The van der Waals surface area contributed by atoms with Crippen LogP contribution in [-0.2, 0) is 14.3 Å². The quantitative estimate of drug-likeness (QED) is 0.797. The summed E-state index contributed by atoms with van der Waals surface area (Å²) in [6.45, 7) is 1.43. The minimum atomic E-state index is -0.711. The molecule has 2 rings (SSSR count). The highest BCUT2D eigenvalue weighted by Crippen LogP contribution is 2.23. The van der Waals surface area contributed by atoms with Crippen LogP contribution in [0.3, 0.4) is 0 Å². The van der Waals surface area contributed by atoms with E-state index in [4.69, 9.17) is 26.8 Å². The Hall–Kier alpha value is -1.79. The van der Waals surface area contributed by atoms with Gasteiger partial charge in [0.25, 0.3) is 0 Å². The molecule has 2 amide bonds. The van der Waals surface area contributed by atoms with Gasteiger partial charge in [0.1, 0.15) is 5.75 Å². The summed E-state index contributed by atoms with van der Waals surface area (Å²) in [5, 5.41) is 0.548. The molecular weight excluding hydrogens is 308 g/mol. The van der Waals surface area contributed by atoms with Crippen molar-refractivity contribution in [3.05, 3.63) is 29.3 Å². The molecule has 1 heterocycles. The Balaban J connectivity index is 1.71. The van der Waals surface area contributed by atoms with E-state index in [0.717, 1.165) is 0 Å². The highest BCUT2D eigenvalue weighted by Gasteiger charge is 2.27. The van der Waals surface area contributed by atoms with Crippen molar-refractivity contribution in [2.24, 2.45) is 5.73 Å². The number of benzene rings is 1. The van der Waals surface area contributed by atoms with Crippen LogP contribution in [0.2, 0.25) is 5.02 Å². The molecule has 1 saturated heterocycles. The first-order chi connectivity index (χ1) is 10.6. The van der Waals surface area contributed by atoms with Crippen molar-refractivity contribution >= 4 is 23.4 Å². The molecule has 1 aliphatic rings. The number of ether oxygens (including phenoxy) is 2. The van der Waals surface area contributed by atoms with Crippen molar-refractivity contribution in [2.75, 3.05) is 26.3 Å². The number of amides is 2. The smallest absolute Gasteiger partial charge is 0.248 e. The van der Waals surface area contributed by atoms with Gasteiger partial charge >= 0.3 is 0 Å². The lowest BCUT2D eigenvalue weighted by molar-refractivity contribution is -0.145. The number of primary amides is 1.